The number of hydrogen-bond acceptors (Lipinski definition) is 4. The van der Waals surface area contributed by atoms with Crippen LogP contribution in [0.3, 0.4) is 0 Å². The zero-order valence-corrected chi connectivity index (χ0v) is 9.16. The molecule has 0 bridgehead atoms. The van der Waals surface area contributed by atoms with Gasteiger partial charge in [-0.05, 0) is 19.3 Å². The highest BCUT2D eigenvalue weighted by molar-refractivity contribution is 7.32. The van der Waals surface area contributed by atoms with Crippen molar-refractivity contribution in [3.8, 4) is 0 Å². The summed E-state index contributed by atoms with van der Waals surface area (Å²) in [7, 11) is -2.51. The highest BCUT2D eigenvalue weighted by Crippen LogP contribution is 2.14. The van der Waals surface area contributed by atoms with E-state index in [1.807, 2.05) is 6.92 Å². The predicted molar refractivity (Wildman–Crippen MR) is 50.9 cm³/mol. The second-order valence-electron chi connectivity index (χ2n) is 2.75. The molecule has 0 amide bonds. The third-order valence-electron chi connectivity index (χ3n) is 1.44. The fourth-order valence-corrected chi connectivity index (χ4v) is 1.09. The van der Waals surface area contributed by atoms with Gasteiger partial charge in [0.15, 0.2) is 0 Å². The number of esters is 1. The molecule has 0 fully saturated rings. The summed E-state index contributed by atoms with van der Waals surface area (Å²) in [6.45, 7) is 2.59. The molecule has 0 aliphatic rings. The predicted octanol–water partition coefficient (Wildman–Crippen LogP) is 1.78. The third-order valence-corrected chi connectivity index (χ3v) is 1.85. The second kappa shape index (κ2) is 9.06. The average molecular weight is 223 g/mol. The van der Waals surface area contributed by atoms with E-state index in [9.17, 15) is 9.36 Å². The molecule has 1 atom stereocenters. The largest absolute Gasteiger partial charge is 0.694 e. The smallest absolute Gasteiger partial charge is 0.466 e. The lowest BCUT2D eigenvalue weighted by atomic mass is 10.2. The van der Waals surface area contributed by atoms with Gasteiger partial charge in [0, 0.05) is 11.0 Å². The Labute approximate surface area is 84.4 Å². The van der Waals surface area contributed by atoms with E-state index in [1.165, 1.54) is 0 Å². The molecule has 6 heteroatoms. The first-order valence-corrected chi connectivity index (χ1v) is 5.74. The fourth-order valence-electron chi connectivity index (χ4n) is 0.802. The molecule has 0 aromatic heterocycles. The lowest BCUT2D eigenvalue weighted by Crippen LogP contribution is -2.05. The van der Waals surface area contributed by atoms with Gasteiger partial charge in [-0.15, -0.1) is 9.42 Å². The van der Waals surface area contributed by atoms with Crippen molar-refractivity contribution < 1.29 is 23.5 Å². The highest BCUT2D eigenvalue weighted by Gasteiger charge is 2.10. The summed E-state index contributed by atoms with van der Waals surface area (Å²) < 4.78 is 19.3. The van der Waals surface area contributed by atoms with Crippen LogP contribution < -0.4 is 0 Å². The van der Waals surface area contributed by atoms with Crippen molar-refractivity contribution in [1.29, 1.82) is 0 Å². The lowest BCUT2D eigenvalue weighted by Gasteiger charge is -2.01. The van der Waals surface area contributed by atoms with Gasteiger partial charge in [0.25, 0.3) is 0 Å². The van der Waals surface area contributed by atoms with Gasteiger partial charge >= 0.3 is 14.2 Å². The topological polar surface area (TPSA) is 72.8 Å². The van der Waals surface area contributed by atoms with E-state index in [1.54, 1.807) is 0 Å². The summed E-state index contributed by atoms with van der Waals surface area (Å²) in [6, 6.07) is 0. The Balaban J connectivity index is 3.19. The molecule has 0 saturated carbocycles. The van der Waals surface area contributed by atoms with E-state index in [0.29, 0.717) is 25.9 Å². The van der Waals surface area contributed by atoms with E-state index < -0.39 is 8.25 Å². The Morgan fingerprint density at radius 2 is 2.07 bits per heavy atom. The first-order valence-electron chi connectivity index (χ1n) is 4.61. The SMILES string of the molecule is CCCOC(=O)CCCCO[P+](=O)O. The van der Waals surface area contributed by atoms with Gasteiger partial charge in [0.1, 0.15) is 6.61 Å². The molecule has 0 aromatic carbocycles. The van der Waals surface area contributed by atoms with Crippen LogP contribution in [0, 0.1) is 0 Å². The molecule has 0 radical (unpaired) electrons. The van der Waals surface area contributed by atoms with Crippen LogP contribution in [0.2, 0.25) is 0 Å². The van der Waals surface area contributed by atoms with Crippen LogP contribution in [-0.4, -0.2) is 24.1 Å². The fraction of sp³-hybridized carbons (Fsp3) is 0.875. The van der Waals surface area contributed by atoms with Gasteiger partial charge in [0.05, 0.1) is 6.61 Å². The van der Waals surface area contributed by atoms with Crippen LogP contribution in [0.15, 0.2) is 0 Å². The van der Waals surface area contributed by atoms with Crippen LogP contribution >= 0.6 is 8.25 Å². The summed E-state index contributed by atoms with van der Waals surface area (Å²) in [4.78, 5) is 19.2. The first-order chi connectivity index (χ1) is 6.66. The standard InChI is InChI=1S/C8H15O5P/c1-2-6-12-8(9)5-3-4-7-13-14(10)11/h2-7H2,1H3/p+1. The minimum absolute atomic E-state index is 0.201. The molecular formula is C8H16O5P+. The molecule has 5 nitrogen and oxygen atoms in total. The van der Waals surface area contributed by atoms with Crippen molar-refractivity contribution in [3.63, 3.8) is 0 Å². The van der Waals surface area contributed by atoms with Gasteiger partial charge in [-0.1, -0.05) is 6.92 Å². The van der Waals surface area contributed by atoms with E-state index in [0.717, 1.165) is 6.42 Å². The third kappa shape index (κ3) is 9.58. The van der Waals surface area contributed by atoms with Crippen LogP contribution in [0.1, 0.15) is 32.6 Å². The van der Waals surface area contributed by atoms with E-state index in [4.69, 9.17) is 9.63 Å². The van der Waals surface area contributed by atoms with Gasteiger partial charge in [-0.25, -0.2) is 0 Å². The van der Waals surface area contributed by atoms with E-state index in [2.05, 4.69) is 4.52 Å². The number of unbranched alkanes of at least 4 members (excludes halogenated alkanes) is 1. The van der Waals surface area contributed by atoms with Crippen LogP contribution in [0.5, 0.6) is 0 Å². The van der Waals surface area contributed by atoms with Crippen LogP contribution in [0.25, 0.3) is 0 Å². The second-order valence-corrected chi connectivity index (χ2v) is 3.48. The Hall–Kier alpha value is -0.510. The molecule has 82 valence electrons. The maximum Gasteiger partial charge on any atom is 0.694 e. The van der Waals surface area contributed by atoms with Crippen molar-refractivity contribution in [3.05, 3.63) is 0 Å². The quantitative estimate of drug-likeness (QED) is 0.385. The van der Waals surface area contributed by atoms with Gasteiger partial charge in [0.2, 0.25) is 0 Å². The Kier molecular flexibility index (Phi) is 8.73. The van der Waals surface area contributed by atoms with Crippen LogP contribution in [-0.2, 0) is 18.6 Å². The maximum atomic E-state index is 10.9. The summed E-state index contributed by atoms with van der Waals surface area (Å²) in [5.41, 5.74) is 0. The maximum absolute atomic E-state index is 10.9. The summed E-state index contributed by atoms with van der Waals surface area (Å²) in [5, 5.41) is 0. The van der Waals surface area contributed by atoms with Crippen molar-refractivity contribution in [2.45, 2.75) is 32.6 Å². The summed E-state index contributed by atoms with van der Waals surface area (Å²) >= 11 is 0. The molecule has 0 saturated heterocycles. The molecule has 0 aromatic rings. The molecule has 1 N–H and O–H groups in total. The Morgan fingerprint density at radius 3 is 2.64 bits per heavy atom. The average Bonchev–Trinajstić information content (AvgIpc) is 2.13. The first kappa shape index (κ1) is 13.5. The number of rotatable bonds is 8. The molecule has 0 aliphatic carbocycles. The zero-order chi connectivity index (χ0) is 10.8. The molecular weight excluding hydrogens is 207 g/mol. The van der Waals surface area contributed by atoms with Crippen molar-refractivity contribution in [2.75, 3.05) is 13.2 Å². The monoisotopic (exact) mass is 223 g/mol. The number of carbonyl (C=O) groups is 1. The van der Waals surface area contributed by atoms with Crippen molar-refractivity contribution in [1.82, 2.24) is 0 Å². The lowest BCUT2D eigenvalue weighted by molar-refractivity contribution is -0.143. The van der Waals surface area contributed by atoms with E-state index in [-0.39, 0.29) is 12.6 Å². The van der Waals surface area contributed by atoms with Gasteiger partial charge in [-0.2, -0.15) is 0 Å². The van der Waals surface area contributed by atoms with Gasteiger partial charge < -0.3 is 4.74 Å². The highest BCUT2D eigenvalue weighted by atomic mass is 31.1. The molecule has 0 aliphatic heterocycles. The minimum Gasteiger partial charge on any atom is -0.466 e. The van der Waals surface area contributed by atoms with E-state index >= 15 is 0 Å². The molecule has 0 spiro atoms. The molecule has 0 heterocycles. The number of ether oxygens (including phenoxy) is 1. The summed E-state index contributed by atoms with van der Waals surface area (Å²) in [6.07, 6.45) is 2.36. The molecule has 1 unspecified atom stereocenters. The van der Waals surface area contributed by atoms with Gasteiger partial charge in [-0.3, -0.25) is 4.79 Å². The van der Waals surface area contributed by atoms with Crippen molar-refractivity contribution >= 4 is 14.2 Å². The summed E-state index contributed by atoms with van der Waals surface area (Å²) in [5.74, 6) is -0.222. The number of hydrogen-bond donors (Lipinski definition) is 1. The number of carbonyl (C=O) groups excluding carboxylic acids is 1. The molecule has 0 rings (SSSR count). The zero-order valence-electron chi connectivity index (χ0n) is 8.27. The Morgan fingerprint density at radius 1 is 1.36 bits per heavy atom. The minimum atomic E-state index is -2.51. The Bertz CT molecular complexity index is 183. The molecule has 14 heavy (non-hydrogen) atoms. The van der Waals surface area contributed by atoms with Crippen molar-refractivity contribution in [2.24, 2.45) is 0 Å². The normalized spacial score (nSPS) is 11.1. The van der Waals surface area contributed by atoms with Crippen LogP contribution in [0.4, 0.5) is 0 Å².